The normalized spacial score (nSPS) is 15.1. The molecule has 1 aromatic carbocycles. The second-order valence-corrected chi connectivity index (χ2v) is 6.84. The van der Waals surface area contributed by atoms with Gasteiger partial charge in [0.1, 0.15) is 11.6 Å². The summed E-state index contributed by atoms with van der Waals surface area (Å²) in [6.07, 6.45) is 4.71. The van der Waals surface area contributed by atoms with Crippen LogP contribution in [0.1, 0.15) is 22.5 Å². The minimum absolute atomic E-state index is 0.265. The number of halogens is 1. The van der Waals surface area contributed by atoms with Crippen molar-refractivity contribution in [2.45, 2.75) is 6.92 Å². The fourth-order valence-electron chi connectivity index (χ4n) is 2.55. The Morgan fingerprint density at radius 1 is 1.22 bits per heavy atom. The molecule has 1 aliphatic rings. The van der Waals surface area contributed by atoms with Gasteiger partial charge in [0, 0.05) is 29.4 Å². The van der Waals surface area contributed by atoms with Crippen LogP contribution in [0, 0.1) is 24.6 Å². The van der Waals surface area contributed by atoms with E-state index in [2.05, 4.69) is 22.1 Å². The first-order valence-corrected chi connectivity index (χ1v) is 8.72. The van der Waals surface area contributed by atoms with Crippen LogP contribution in [0.5, 0.6) is 0 Å². The van der Waals surface area contributed by atoms with Gasteiger partial charge in [-0.25, -0.2) is 4.39 Å². The van der Waals surface area contributed by atoms with E-state index in [-0.39, 0.29) is 10.7 Å². The quantitative estimate of drug-likeness (QED) is 0.512. The molecule has 0 unspecified atom stereocenters. The number of aryl methyl sites for hydroxylation is 1. The van der Waals surface area contributed by atoms with Gasteiger partial charge in [-0.15, -0.1) is 0 Å². The Bertz CT molecular complexity index is 1200. The number of rotatable bonds is 1. The second-order valence-electron chi connectivity index (χ2n) is 5.82. The summed E-state index contributed by atoms with van der Waals surface area (Å²) in [6.45, 7) is 1.68. The van der Waals surface area contributed by atoms with Gasteiger partial charge < -0.3 is 4.42 Å². The number of hydrogen-bond donors (Lipinski definition) is 1. The number of amides is 2. The standard InChI is InChI=1S/C20H11FN2O3S/c1-11-6-12(3-5-16(11)21)2-4-13-9-22-10-14-7-15(26-18(13)14)8-17-19(24)23-20(25)27-17/h3,5-10H,1H3,(H,23,24,25)/b17-8+. The van der Waals surface area contributed by atoms with E-state index < -0.39 is 11.1 Å². The molecule has 0 radical (unpaired) electrons. The van der Waals surface area contributed by atoms with Crippen LogP contribution in [0.3, 0.4) is 0 Å². The summed E-state index contributed by atoms with van der Waals surface area (Å²) in [4.78, 5) is 27.3. The lowest BCUT2D eigenvalue weighted by Crippen LogP contribution is -2.17. The molecule has 27 heavy (non-hydrogen) atoms. The van der Waals surface area contributed by atoms with Crippen molar-refractivity contribution in [2.75, 3.05) is 0 Å². The van der Waals surface area contributed by atoms with Gasteiger partial charge in [-0.1, -0.05) is 11.8 Å². The number of carbonyl (C=O) groups excluding carboxylic acids is 2. The number of aromatic nitrogens is 1. The van der Waals surface area contributed by atoms with Crippen LogP contribution in [0.25, 0.3) is 17.0 Å². The van der Waals surface area contributed by atoms with Gasteiger partial charge in [0.2, 0.25) is 0 Å². The van der Waals surface area contributed by atoms with E-state index >= 15 is 0 Å². The Morgan fingerprint density at radius 3 is 2.81 bits per heavy atom. The lowest BCUT2D eigenvalue weighted by Gasteiger charge is -1.96. The number of thioether (sulfide) groups is 1. The van der Waals surface area contributed by atoms with E-state index in [1.807, 2.05) is 0 Å². The first-order chi connectivity index (χ1) is 13.0. The molecular formula is C20H11FN2O3S. The van der Waals surface area contributed by atoms with Gasteiger partial charge in [-0.05, 0) is 48.5 Å². The molecule has 1 saturated heterocycles. The Morgan fingerprint density at radius 2 is 2.07 bits per heavy atom. The highest BCUT2D eigenvalue weighted by Gasteiger charge is 2.25. The topological polar surface area (TPSA) is 72.2 Å². The van der Waals surface area contributed by atoms with Crippen LogP contribution in [0.15, 0.2) is 46.0 Å². The highest BCUT2D eigenvalue weighted by Crippen LogP contribution is 2.28. The summed E-state index contributed by atoms with van der Waals surface area (Å²) in [5.41, 5.74) is 2.29. The minimum Gasteiger partial charge on any atom is -0.455 e. The molecule has 2 amide bonds. The molecule has 2 aromatic heterocycles. The van der Waals surface area contributed by atoms with E-state index in [4.69, 9.17) is 4.42 Å². The molecule has 4 rings (SSSR count). The molecule has 0 atom stereocenters. The fraction of sp³-hybridized carbons (Fsp3) is 0.0500. The van der Waals surface area contributed by atoms with E-state index in [1.54, 1.807) is 37.5 Å². The average molecular weight is 378 g/mol. The zero-order valence-corrected chi connectivity index (χ0v) is 14.8. The molecule has 0 saturated carbocycles. The zero-order chi connectivity index (χ0) is 19.0. The maximum absolute atomic E-state index is 13.4. The first-order valence-electron chi connectivity index (χ1n) is 7.90. The van der Waals surface area contributed by atoms with Crippen molar-refractivity contribution in [3.05, 3.63) is 69.8 Å². The van der Waals surface area contributed by atoms with E-state index in [0.29, 0.717) is 28.0 Å². The molecule has 5 nitrogen and oxygen atoms in total. The minimum atomic E-state index is -0.449. The van der Waals surface area contributed by atoms with Crippen molar-refractivity contribution >= 4 is 40.0 Å². The van der Waals surface area contributed by atoms with Crippen molar-refractivity contribution in [1.29, 1.82) is 0 Å². The Hall–Kier alpha value is -3.37. The van der Waals surface area contributed by atoms with E-state index in [1.165, 1.54) is 12.1 Å². The molecule has 0 spiro atoms. The lowest BCUT2D eigenvalue weighted by atomic mass is 10.1. The third-order valence-corrected chi connectivity index (χ3v) is 4.67. The highest BCUT2D eigenvalue weighted by atomic mass is 32.2. The fourth-order valence-corrected chi connectivity index (χ4v) is 3.22. The average Bonchev–Trinajstić information content (AvgIpc) is 3.18. The van der Waals surface area contributed by atoms with Crippen molar-refractivity contribution < 1.29 is 18.4 Å². The Labute approximate surface area is 157 Å². The van der Waals surface area contributed by atoms with Crippen molar-refractivity contribution in [3.63, 3.8) is 0 Å². The summed E-state index contributed by atoms with van der Waals surface area (Å²) in [5.74, 6) is 5.65. The summed E-state index contributed by atoms with van der Waals surface area (Å²) in [5, 5.41) is 2.50. The number of benzene rings is 1. The highest BCUT2D eigenvalue weighted by molar-refractivity contribution is 8.18. The molecule has 1 N–H and O–H groups in total. The van der Waals surface area contributed by atoms with Crippen molar-refractivity contribution in [3.8, 4) is 11.8 Å². The smallest absolute Gasteiger partial charge is 0.290 e. The lowest BCUT2D eigenvalue weighted by molar-refractivity contribution is -0.115. The van der Waals surface area contributed by atoms with Gasteiger partial charge in [0.05, 0.1) is 10.5 Å². The molecular weight excluding hydrogens is 367 g/mol. The summed E-state index contributed by atoms with van der Waals surface area (Å²) >= 11 is 0.820. The Balaban J connectivity index is 1.71. The number of imide groups is 1. The molecule has 1 fully saturated rings. The number of furan rings is 1. The molecule has 1 aliphatic heterocycles. The zero-order valence-electron chi connectivity index (χ0n) is 14.0. The van der Waals surface area contributed by atoms with E-state index in [9.17, 15) is 14.0 Å². The molecule has 7 heteroatoms. The number of pyridine rings is 1. The largest absolute Gasteiger partial charge is 0.455 e. The van der Waals surface area contributed by atoms with Crippen LogP contribution < -0.4 is 5.32 Å². The number of fused-ring (bicyclic) bond motifs is 1. The third-order valence-electron chi connectivity index (χ3n) is 3.86. The molecule has 132 valence electrons. The summed E-state index contributed by atoms with van der Waals surface area (Å²) in [7, 11) is 0. The van der Waals surface area contributed by atoms with Crippen LogP contribution in [-0.4, -0.2) is 16.1 Å². The van der Waals surface area contributed by atoms with Crippen LogP contribution >= 0.6 is 11.8 Å². The molecule has 3 heterocycles. The number of carbonyl (C=O) groups is 2. The predicted molar refractivity (Wildman–Crippen MR) is 100 cm³/mol. The third kappa shape index (κ3) is 3.48. The molecule has 3 aromatic rings. The second kappa shape index (κ2) is 6.74. The predicted octanol–water partition coefficient (Wildman–Crippen LogP) is 4.00. The summed E-state index contributed by atoms with van der Waals surface area (Å²) < 4.78 is 19.2. The number of nitrogens with zero attached hydrogens (tertiary/aromatic N) is 1. The van der Waals surface area contributed by atoms with Crippen molar-refractivity contribution in [1.82, 2.24) is 10.3 Å². The van der Waals surface area contributed by atoms with Crippen LogP contribution in [-0.2, 0) is 4.79 Å². The monoisotopic (exact) mass is 378 g/mol. The van der Waals surface area contributed by atoms with Gasteiger partial charge in [-0.2, -0.15) is 0 Å². The maximum Gasteiger partial charge on any atom is 0.290 e. The van der Waals surface area contributed by atoms with Crippen LogP contribution in [0.2, 0.25) is 0 Å². The van der Waals surface area contributed by atoms with Gasteiger partial charge in [0.25, 0.3) is 11.1 Å². The van der Waals surface area contributed by atoms with Gasteiger partial charge in [-0.3, -0.25) is 19.9 Å². The van der Waals surface area contributed by atoms with E-state index in [0.717, 1.165) is 17.1 Å². The van der Waals surface area contributed by atoms with Gasteiger partial charge in [0.15, 0.2) is 5.58 Å². The first kappa shape index (κ1) is 17.1. The molecule has 0 bridgehead atoms. The SMILES string of the molecule is Cc1cc(C#Cc2cncc3cc(/C=C4/SC(=O)NC4=O)oc23)ccc1F. The number of nitrogens with one attached hydrogen (secondary N) is 1. The van der Waals surface area contributed by atoms with Gasteiger partial charge >= 0.3 is 0 Å². The number of hydrogen-bond acceptors (Lipinski definition) is 5. The van der Waals surface area contributed by atoms with Crippen molar-refractivity contribution in [2.24, 2.45) is 0 Å². The Kier molecular flexibility index (Phi) is 4.26. The summed E-state index contributed by atoms with van der Waals surface area (Å²) in [6, 6.07) is 6.37. The maximum atomic E-state index is 13.4. The van der Waals surface area contributed by atoms with Crippen LogP contribution in [0.4, 0.5) is 9.18 Å². The molecule has 0 aliphatic carbocycles.